The zero-order chi connectivity index (χ0) is 7.28. The molecule has 0 aromatic rings. The topological polar surface area (TPSA) is 58.2 Å². The Balaban J connectivity index is 3.38. The molecule has 0 heterocycles. The predicted octanol–water partition coefficient (Wildman–Crippen LogP) is -0.580. The molecule has 0 saturated heterocycles. The third kappa shape index (κ3) is 3.52. The van der Waals surface area contributed by atoms with Crippen LogP contribution in [0, 0.1) is 5.92 Å². The van der Waals surface area contributed by atoms with Crippen LogP contribution >= 0.6 is 0 Å². The summed E-state index contributed by atoms with van der Waals surface area (Å²) in [5.74, 6) is -0.292. The molecule has 4 heteroatoms. The van der Waals surface area contributed by atoms with Crippen molar-refractivity contribution in [2.45, 2.75) is 13.8 Å². The molecule has 0 spiro atoms. The van der Waals surface area contributed by atoms with Gasteiger partial charge in [0.2, 0.25) is 12.3 Å². The third-order valence-corrected chi connectivity index (χ3v) is 0.779. The second kappa shape index (κ2) is 3.88. The molecule has 0 unspecified atom stereocenters. The van der Waals surface area contributed by atoms with Crippen molar-refractivity contribution in [1.82, 2.24) is 10.9 Å². The van der Waals surface area contributed by atoms with Crippen molar-refractivity contribution >= 4 is 12.3 Å². The summed E-state index contributed by atoms with van der Waals surface area (Å²) in [5.41, 5.74) is 4.22. The first-order valence-electron chi connectivity index (χ1n) is 2.67. The van der Waals surface area contributed by atoms with Crippen molar-refractivity contribution in [2.24, 2.45) is 5.92 Å². The van der Waals surface area contributed by atoms with E-state index in [0.717, 1.165) is 0 Å². The Labute approximate surface area is 53.6 Å². The Bertz CT molecular complexity index is 112. The van der Waals surface area contributed by atoms with E-state index in [-0.39, 0.29) is 11.8 Å². The second-order valence-electron chi connectivity index (χ2n) is 1.91. The first-order valence-corrected chi connectivity index (χ1v) is 2.67. The average molecular weight is 130 g/mol. The molecule has 0 aromatic heterocycles. The lowest BCUT2D eigenvalue weighted by atomic mass is 10.2. The van der Waals surface area contributed by atoms with Gasteiger partial charge in [-0.2, -0.15) is 0 Å². The number of nitrogens with one attached hydrogen (secondary N) is 2. The second-order valence-corrected chi connectivity index (χ2v) is 1.91. The third-order valence-electron chi connectivity index (χ3n) is 0.779. The van der Waals surface area contributed by atoms with Gasteiger partial charge in [0.05, 0.1) is 0 Å². The number of hydrazine groups is 1. The monoisotopic (exact) mass is 130 g/mol. The molecule has 2 N–H and O–H groups in total. The highest BCUT2D eigenvalue weighted by atomic mass is 16.2. The van der Waals surface area contributed by atoms with Gasteiger partial charge in [-0.3, -0.25) is 20.4 Å². The molecule has 0 aliphatic heterocycles. The molecule has 0 atom stereocenters. The normalized spacial score (nSPS) is 8.78. The molecular formula is C5H10N2O2. The van der Waals surface area contributed by atoms with E-state index in [4.69, 9.17) is 0 Å². The highest BCUT2D eigenvalue weighted by Crippen LogP contribution is 1.87. The van der Waals surface area contributed by atoms with E-state index in [9.17, 15) is 9.59 Å². The van der Waals surface area contributed by atoms with E-state index in [0.29, 0.717) is 6.41 Å². The maximum absolute atomic E-state index is 10.6. The Morgan fingerprint density at radius 2 is 2.11 bits per heavy atom. The fraction of sp³-hybridized carbons (Fsp3) is 0.600. The lowest BCUT2D eigenvalue weighted by Crippen LogP contribution is -2.38. The van der Waals surface area contributed by atoms with Crippen LogP contribution in [0.4, 0.5) is 0 Å². The summed E-state index contributed by atoms with van der Waals surface area (Å²) in [5, 5.41) is 0. The van der Waals surface area contributed by atoms with Gasteiger partial charge in [0.25, 0.3) is 0 Å². The quantitative estimate of drug-likeness (QED) is 0.396. The summed E-state index contributed by atoms with van der Waals surface area (Å²) < 4.78 is 0. The zero-order valence-corrected chi connectivity index (χ0v) is 5.47. The van der Waals surface area contributed by atoms with Gasteiger partial charge in [-0.25, -0.2) is 0 Å². The Kier molecular flexibility index (Phi) is 3.43. The van der Waals surface area contributed by atoms with Crippen molar-refractivity contribution in [3.05, 3.63) is 0 Å². The van der Waals surface area contributed by atoms with Crippen LogP contribution in [-0.4, -0.2) is 12.3 Å². The van der Waals surface area contributed by atoms with Crippen LogP contribution < -0.4 is 10.9 Å². The fourth-order valence-electron chi connectivity index (χ4n) is 0.245. The van der Waals surface area contributed by atoms with Gasteiger partial charge in [0.1, 0.15) is 0 Å². The number of hydrogen-bond acceptors (Lipinski definition) is 2. The molecule has 9 heavy (non-hydrogen) atoms. The molecule has 0 bridgehead atoms. The molecule has 0 rings (SSSR count). The lowest BCUT2D eigenvalue weighted by molar-refractivity contribution is -0.127. The summed E-state index contributed by atoms with van der Waals surface area (Å²) in [6, 6.07) is 0. The van der Waals surface area contributed by atoms with Crippen molar-refractivity contribution < 1.29 is 9.59 Å². The van der Waals surface area contributed by atoms with Gasteiger partial charge in [-0.1, -0.05) is 13.8 Å². The van der Waals surface area contributed by atoms with Crippen LogP contribution in [-0.2, 0) is 9.59 Å². The average Bonchev–Trinajstić information content (AvgIpc) is 1.82. The first kappa shape index (κ1) is 7.94. The van der Waals surface area contributed by atoms with Gasteiger partial charge in [-0.15, -0.1) is 0 Å². The van der Waals surface area contributed by atoms with Crippen LogP contribution in [0.3, 0.4) is 0 Å². The van der Waals surface area contributed by atoms with E-state index in [1.807, 2.05) is 5.43 Å². The number of amides is 2. The minimum Gasteiger partial charge on any atom is -0.277 e. The summed E-state index contributed by atoms with van der Waals surface area (Å²) in [7, 11) is 0. The molecule has 0 aliphatic rings. The maximum Gasteiger partial charge on any atom is 0.240 e. The summed E-state index contributed by atoms with van der Waals surface area (Å²) in [4.78, 5) is 20.2. The number of carbonyl (C=O) groups excluding carboxylic acids is 2. The number of hydrogen-bond donors (Lipinski definition) is 2. The standard InChI is InChI=1S/C5H10N2O2/c1-4(2)5(9)7-6-3-8/h3-4H,1-2H3,(H,6,8)(H,7,9). The van der Waals surface area contributed by atoms with Gasteiger partial charge < -0.3 is 0 Å². The Hall–Kier alpha value is -1.06. The lowest BCUT2D eigenvalue weighted by Gasteiger charge is -2.03. The summed E-state index contributed by atoms with van der Waals surface area (Å²) >= 11 is 0. The zero-order valence-electron chi connectivity index (χ0n) is 5.47. The molecule has 2 amide bonds. The van der Waals surface area contributed by atoms with Gasteiger partial charge >= 0.3 is 0 Å². The predicted molar refractivity (Wildman–Crippen MR) is 32.2 cm³/mol. The van der Waals surface area contributed by atoms with Crippen LogP contribution in [0.25, 0.3) is 0 Å². The molecular weight excluding hydrogens is 120 g/mol. The highest BCUT2D eigenvalue weighted by Gasteiger charge is 2.03. The molecule has 0 aromatic carbocycles. The van der Waals surface area contributed by atoms with Crippen molar-refractivity contribution in [2.75, 3.05) is 0 Å². The Morgan fingerprint density at radius 1 is 1.56 bits per heavy atom. The van der Waals surface area contributed by atoms with E-state index >= 15 is 0 Å². The van der Waals surface area contributed by atoms with E-state index in [1.54, 1.807) is 13.8 Å². The van der Waals surface area contributed by atoms with Crippen molar-refractivity contribution in [1.29, 1.82) is 0 Å². The largest absolute Gasteiger partial charge is 0.277 e. The molecule has 0 aliphatic carbocycles. The highest BCUT2D eigenvalue weighted by molar-refractivity contribution is 5.78. The van der Waals surface area contributed by atoms with Crippen LogP contribution in [0.15, 0.2) is 0 Å². The van der Waals surface area contributed by atoms with Crippen molar-refractivity contribution in [3.8, 4) is 0 Å². The van der Waals surface area contributed by atoms with Crippen LogP contribution in [0.5, 0.6) is 0 Å². The first-order chi connectivity index (χ1) is 4.18. The summed E-state index contributed by atoms with van der Waals surface area (Å²) in [6.45, 7) is 3.48. The van der Waals surface area contributed by atoms with Gasteiger partial charge in [0.15, 0.2) is 0 Å². The van der Waals surface area contributed by atoms with E-state index < -0.39 is 0 Å². The minimum atomic E-state index is -0.192. The van der Waals surface area contributed by atoms with Gasteiger partial charge in [-0.05, 0) is 0 Å². The molecule has 0 radical (unpaired) electrons. The van der Waals surface area contributed by atoms with Crippen molar-refractivity contribution in [3.63, 3.8) is 0 Å². The maximum atomic E-state index is 10.6. The number of rotatable bonds is 3. The Morgan fingerprint density at radius 3 is 2.44 bits per heavy atom. The van der Waals surface area contributed by atoms with Gasteiger partial charge in [0, 0.05) is 5.92 Å². The molecule has 0 fully saturated rings. The molecule has 4 nitrogen and oxygen atoms in total. The molecule has 0 saturated carbocycles. The fourth-order valence-corrected chi connectivity index (χ4v) is 0.245. The van der Waals surface area contributed by atoms with E-state index in [2.05, 4.69) is 5.43 Å². The minimum absolute atomic E-state index is 0.0996. The SMILES string of the molecule is CC(C)C(=O)NNC=O. The summed E-state index contributed by atoms with van der Waals surface area (Å²) in [6.07, 6.45) is 0.417. The smallest absolute Gasteiger partial charge is 0.240 e. The molecule has 52 valence electrons. The van der Waals surface area contributed by atoms with E-state index in [1.165, 1.54) is 0 Å². The number of carbonyl (C=O) groups is 2. The van der Waals surface area contributed by atoms with Crippen LogP contribution in [0.1, 0.15) is 13.8 Å². The van der Waals surface area contributed by atoms with Crippen LogP contribution in [0.2, 0.25) is 0 Å².